The lowest BCUT2D eigenvalue weighted by Crippen LogP contribution is -2.29. The minimum Gasteiger partial charge on any atom is -0.496 e. The summed E-state index contributed by atoms with van der Waals surface area (Å²) >= 11 is 0. The lowest BCUT2D eigenvalue weighted by atomic mass is 10.1. The number of nitrogen functional groups attached to an aromatic ring is 1. The van der Waals surface area contributed by atoms with Gasteiger partial charge in [0.1, 0.15) is 23.1 Å². The zero-order valence-corrected chi connectivity index (χ0v) is 21.8. The molecule has 1 aliphatic rings. The Morgan fingerprint density at radius 1 is 1.08 bits per heavy atom. The van der Waals surface area contributed by atoms with E-state index < -0.39 is 0 Å². The molecule has 10 nitrogen and oxygen atoms in total. The number of hydrogen-bond acceptors (Lipinski definition) is 10. The fourth-order valence-electron chi connectivity index (χ4n) is 4.64. The molecule has 4 aromatic rings. The second kappa shape index (κ2) is 10.1. The molecule has 0 radical (unpaired) electrons. The molecule has 192 valence electrons. The normalized spacial score (nSPS) is 15.3. The molecular weight excluding hydrogens is 468 g/mol. The van der Waals surface area contributed by atoms with Gasteiger partial charge in [-0.2, -0.15) is 4.98 Å². The summed E-state index contributed by atoms with van der Waals surface area (Å²) in [5.74, 6) is 3.40. The van der Waals surface area contributed by atoms with E-state index in [1.807, 2.05) is 46.0 Å². The summed E-state index contributed by atoms with van der Waals surface area (Å²) in [6.07, 6.45) is 6.25. The Balaban J connectivity index is 1.67. The second-order valence-corrected chi connectivity index (χ2v) is 9.34. The molecule has 0 spiro atoms. The quantitative estimate of drug-likeness (QED) is 0.339. The first-order valence-electron chi connectivity index (χ1n) is 12.3. The van der Waals surface area contributed by atoms with Crippen LogP contribution < -0.4 is 30.7 Å². The Hall–Kier alpha value is -4.18. The highest BCUT2D eigenvalue weighted by atomic mass is 16.5. The van der Waals surface area contributed by atoms with E-state index in [4.69, 9.17) is 20.2 Å². The van der Waals surface area contributed by atoms with Crippen LogP contribution in [0.15, 0.2) is 36.8 Å². The number of rotatable bonds is 7. The second-order valence-electron chi connectivity index (χ2n) is 9.34. The Kier molecular flexibility index (Phi) is 6.66. The van der Waals surface area contributed by atoms with Crippen LogP contribution >= 0.6 is 0 Å². The summed E-state index contributed by atoms with van der Waals surface area (Å²) in [4.78, 5) is 20.4. The first kappa shape index (κ1) is 24.5. The number of pyridine rings is 2. The molecule has 0 saturated carbocycles. The highest BCUT2D eigenvalue weighted by Crippen LogP contribution is 2.41. The summed E-state index contributed by atoms with van der Waals surface area (Å²) in [7, 11) is 3.63. The van der Waals surface area contributed by atoms with E-state index >= 15 is 0 Å². The maximum Gasteiger partial charge on any atom is 0.232 e. The van der Waals surface area contributed by atoms with Crippen LogP contribution in [0, 0.1) is 20.8 Å². The first-order chi connectivity index (χ1) is 17.9. The van der Waals surface area contributed by atoms with Gasteiger partial charge in [-0.3, -0.25) is 0 Å². The molecule has 1 aliphatic heterocycles. The van der Waals surface area contributed by atoms with E-state index in [1.54, 1.807) is 25.7 Å². The maximum absolute atomic E-state index is 6.54. The van der Waals surface area contributed by atoms with E-state index in [2.05, 4.69) is 30.5 Å². The molecule has 4 heterocycles. The molecule has 1 atom stereocenters. The summed E-state index contributed by atoms with van der Waals surface area (Å²) in [5, 5.41) is 8.10. The predicted octanol–water partition coefficient (Wildman–Crippen LogP) is 4.27. The van der Waals surface area contributed by atoms with E-state index in [9.17, 15) is 0 Å². The van der Waals surface area contributed by atoms with Crippen molar-refractivity contribution in [1.29, 1.82) is 0 Å². The van der Waals surface area contributed by atoms with Crippen molar-refractivity contribution in [2.24, 2.45) is 0 Å². The van der Waals surface area contributed by atoms with Crippen molar-refractivity contribution in [2.45, 2.75) is 33.2 Å². The summed E-state index contributed by atoms with van der Waals surface area (Å²) < 4.78 is 12.1. The minimum atomic E-state index is 0.326. The van der Waals surface area contributed by atoms with Gasteiger partial charge in [-0.1, -0.05) is 6.07 Å². The molecule has 0 amide bonds. The molecule has 1 saturated heterocycles. The number of ether oxygens (including phenoxy) is 2. The standard InChI is InChI=1S/C27H32N8O2/c1-15-11-31-27(32-12-15)33-20-13-30-25(28)23-19(20)10-22(35-9-8-18(14-35)29-4)34-26(23)37-24-16(2)6-7-21(36-5)17(24)3/h6-7,10-13,18,29H,8-9,14H2,1-5H3,(H2,28,30)(H,31,32,33)/t18-/m1/s1. The summed E-state index contributed by atoms with van der Waals surface area (Å²) in [6, 6.07) is 6.32. The van der Waals surface area contributed by atoms with Crippen molar-refractivity contribution in [3.63, 3.8) is 0 Å². The number of hydrogen-bond donors (Lipinski definition) is 3. The van der Waals surface area contributed by atoms with Crippen molar-refractivity contribution in [1.82, 2.24) is 25.3 Å². The fourth-order valence-corrected chi connectivity index (χ4v) is 4.64. The molecule has 0 aliphatic carbocycles. The van der Waals surface area contributed by atoms with E-state index in [0.29, 0.717) is 40.5 Å². The molecule has 0 bridgehead atoms. The SMILES string of the molecule is CN[C@@H]1CCN(c2cc3c(Nc4ncc(C)cn4)cnc(N)c3c(Oc3c(C)ccc(OC)c3C)n2)C1. The van der Waals surface area contributed by atoms with Crippen LogP contribution in [0.3, 0.4) is 0 Å². The number of methoxy groups -OCH3 is 1. The summed E-state index contributed by atoms with van der Waals surface area (Å²) in [5.41, 5.74) is 9.97. The first-order valence-corrected chi connectivity index (χ1v) is 12.3. The van der Waals surface area contributed by atoms with Gasteiger partial charge in [0.05, 0.1) is 24.4 Å². The van der Waals surface area contributed by atoms with Gasteiger partial charge >= 0.3 is 0 Å². The number of fused-ring (bicyclic) bond motifs is 1. The van der Waals surface area contributed by atoms with Gasteiger partial charge in [0.25, 0.3) is 0 Å². The number of likely N-dealkylation sites (N-methyl/N-ethyl adjacent to an activating group) is 1. The van der Waals surface area contributed by atoms with E-state index in [1.165, 1.54) is 0 Å². The third kappa shape index (κ3) is 4.79. The number of aromatic nitrogens is 4. The van der Waals surface area contributed by atoms with Gasteiger partial charge < -0.3 is 30.7 Å². The smallest absolute Gasteiger partial charge is 0.232 e. The van der Waals surface area contributed by atoms with Crippen LogP contribution in [0.5, 0.6) is 17.4 Å². The highest BCUT2D eigenvalue weighted by Gasteiger charge is 2.25. The Bertz CT molecular complexity index is 1440. The van der Waals surface area contributed by atoms with Crippen molar-refractivity contribution in [3.05, 3.63) is 53.5 Å². The molecule has 1 aromatic carbocycles. The lowest BCUT2D eigenvalue weighted by Gasteiger charge is -2.22. The van der Waals surface area contributed by atoms with E-state index in [-0.39, 0.29) is 0 Å². The average Bonchev–Trinajstić information content (AvgIpc) is 3.39. The van der Waals surface area contributed by atoms with Crippen LogP contribution in [0.1, 0.15) is 23.1 Å². The van der Waals surface area contributed by atoms with Gasteiger partial charge in [0, 0.05) is 42.5 Å². The molecule has 4 N–H and O–H groups in total. The largest absolute Gasteiger partial charge is 0.496 e. The zero-order chi connectivity index (χ0) is 26.1. The van der Waals surface area contributed by atoms with Crippen LogP contribution in [0.25, 0.3) is 10.8 Å². The molecule has 1 fully saturated rings. The molecule has 37 heavy (non-hydrogen) atoms. The third-order valence-electron chi connectivity index (χ3n) is 6.77. The van der Waals surface area contributed by atoms with Gasteiger partial charge in [-0.05, 0) is 57.5 Å². The van der Waals surface area contributed by atoms with Gasteiger partial charge in [-0.15, -0.1) is 0 Å². The third-order valence-corrected chi connectivity index (χ3v) is 6.77. The molecular formula is C27H32N8O2. The number of anilines is 4. The average molecular weight is 501 g/mol. The number of nitrogens with zero attached hydrogens (tertiary/aromatic N) is 5. The Labute approximate surface area is 216 Å². The van der Waals surface area contributed by atoms with Crippen LogP contribution in [0.2, 0.25) is 0 Å². The summed E-state index contributed by atoms with van der Waals surface area (Å²) in [6.45, 7) is 7.63. The van der Waals surface area contributed by atoms with E-state index in [0.717, 1.165) is 53.2 Å². The topological polar surface area (TPSA) is 123 Å². The minimum absolute atomic E-state index is 0.326. The fraction of sp³-hybridized carbons (Fsp3) is 0.333. The van der Waals surface area contributed by atoms with Crippen molar-refractivity contribution in [2.75, 3.05) is 43.2 Å². The lowest BCUT2D eigenvalue weighted by molar-refractivity contribution is 0.402. The van der Waals surface area contributed by atoms with Crippen molar-refractivity contribution >= 4 is 34.0 Å². The zero-order valence-electron chi connectivity index (χ0n) is 21.8. The molecule has 10 heteroatoms. The molecule has 0 unspecified atom stereocenters. The highest BCUT2D eigenvalue weighted by molar-refractivity contribution is 6.04. The number of nitrogens with two attached hydrogens (primary N) is 1. The molecule has 5 rings (SSSR count). The number of aryl methyl sites for hydroxylation is 2. The van der Waals surface area contributed by atoms with Gasteiger partial charge in [0.2, 0.25) is 11.8 Å². The predicted molar refractivity (Wildman–Crippen MR) is 146 cm³/mol. The molecule has 3 aromatic heterocycles. The Morgan fingerprint density at radius 3 is 2.57 bits per heavy atom. The Morgan fingerprint density at radius 2 is 1.86 bits per heavy atom. The van der Waals surface area contributed by atoms with Crippen molar-refractivity contribution < 1.29 is 9.47 Å². The van der Waals surface area contributed by atoms with Crippen LogP contribution in [0.4, 0.5) is 23.3 Å². The maximum atomic E-state index is 6.54. The van der Waals surface area contributed by atoms with Gasteiger partial charge in [-0.25, -0.2) is 15.0 Å². The number of benzene rings is 1. The van der Waals surface area contributed by atoms with Crippen LogP contribution in [-0.4, -0.2) is 53.2 Å². The van der Waals surface area contributed by atoms with Crippen molar-refractivity contribution in [3.8, 4) is 17.4 Å². The monoisotopic (exact) mass is 500 g/mol. The van der Waals surface area contributed by atoms with Gasteiger partial charge in [0.15, 0.2) is 0 Å². The van der Waals surface area contributed by atoms with Crippen LogP contribution in [-0.2, 0) is 0 Å². The number of nitrogens with one attached hydrogen (secondary N) is 2.